The number of aromatic hydroxyl groups is 2. The minimum absolute atomic E-state index is 0.0402. The summed E-state index contributed by atoms with van der Waals surface area (Å²) in [7, 11) is 0. The fourth-order valence-electron chi connectivity index (χ4n) is 3.89. The number of fused-ring (bicyclic) bond motifs is 4. The Labute approximate surface area is 205 Å². The van der Waals surface area contributed by atoms with Gasteiger partial charge in [0.1, 0.15) is 24.4 Å². The Hall–Kier alpha value is -4.85. The second kappa shape index (κ2) is 9.07. The van der Waals surface area contributed by atoms with Crippen LogP contribution in [0.25, 0.3) is 12.2 Å². The molecule has 1 aliphatic heterocycles. The lowest BCUT2D eigenvalue weighted by atomic mass is 10.1. The maximum Gasteiger partial charge on any atom is 0.199 e. The van der Waals surface area contributed by atoms with Crippen molar-refractivity contribution in [2.75, 3.05) is 0 Å². The van der Waals surface area contributed by atoms with Crippen LogP contribution >= 0.6 is 0 Å². The maximum absolute atomic E-state index is 10.6. The summed E-state index contributed by atoms with van der Waals surface area (Å²) in [6.45, 7) is 0. The number of aromatic nitrogens is 1. The van der Waals surface area contributed by atoms with Crippen molar-refractivity contribution in [2.24, 2.45) is 15.0 Å². The first kappa shape index (κ1) is 21.7. The van der Waals surface area contributed by atoms with E-state index in [1.165, 1.54) is 6.26 Å². The number of ether oxygens (including phenoxy) is 2. The van der Waals surface area contributed by atoms with E-state index in [4.69, 9.17) is 9.47 Å². The van der Waals surface area contributed by atoms with Crippen LogP contribution in [0.1, 0.15) is 24.0 Å². The molecule has 0 spiro atoms. The molecule has 1 unspecified atom stereocenters. The third-order valence-electron chi connectivity index (χ3n) is 5.92. The number of para-hydroxylation sites is 2. The molecule has 2 aromatic carbocycles. The highest BCUT2D eigenvalue weighted by atomic mass is 16.5. The molecule has 6 rings (SSSR count). The number of H-pyrrole nitrogens is 1. The molecule has 1 atom stereocenters. The molecule has 1 saturated carbocycles. The average molecular weight is 479 g/mol. The Kier molecular flexibility index (Phi) is 5.46. The zero-order valence-electron chi connectivity index (χ0n) is 19.1. The van der Waals surface area contributed by atoms with E-state index in [1.807, 2.05) is 48.5 Å². The Morgan fingerprint density at radius 2 is 1.42 bits per heavy atom. The van der Waals surface area contributed by atoms with Gasteiger partial charge in [0.05, 0.1) is 40.9 Å². The van der Waals surface area contributed by atoms with Gasteiger partial charge in [-0.2, -0.15) is 0 Å². The second-order valence-electron chi connectivity index (χ2n) is 8.48. The first-order chi connectivity index (χ1) is 17.7. The number of allylic oxidation sites excluding steroid dienone is 2. The molecular formula is C28H22N4O4. The predicted octanol–water partition coefficient (Wildman–Crippen LogP) is 2.14. The Morgan fingerprint density at radius 3 is 2.08 bits per heavy atom. The summed E-state index contributed by atoms with van der Waals surface area (Å²) in [5.41, 5.74) is 2.78. The molecular weight excluding hydrogens is 456 g/mol. The number of hydrogen-bond donors (Lipinski definition) is 3. The van der Waals surface area contributed by atoms with Gasteiger partial charge in [-0.25, -0.2) is 0 Å². The summed E-state index contributed by atoms with van der Waals surface area (Å²) in [6.07, 6.45) is 11.3. The van der Waals surface area contributed by atoms with Crippen molar-refractivity contribution in [1.29, 1.82) is 0 Å². The van der Waals surface area contributed by atoms with Crippen LogP contribution in [0, 0.1) is 0 Å². The third kappa shape index (κ3) is 4.56. The average Bonchev–Trinajstić information content (AvgIpc) is 3.79. The van der Waals surface area contributed by atoms with E-state index in [2.05, 4.69) is 20.0 Å². The monoisotopic (exact) mass is 478 g/mol. The van der Waals surface area contributed by atoms with E-state index in [9.17, 15) is 10.2 Å². The molecule has 2 heterocycles. The van der Waals surface area contributed by atoms with Gasteiger partial charge in [0.15, 0.2) is 11.8 Å². The smallest absolute Gasteiger partial charge is 0.199 e. The molecule has 1 aromatic heterocycles. The van der Waals surface area contributed by atoms with Gasteiger partial charge < -0.3 is 19.7 Å². The molecule has 8 nitrogen and oxygen atoms in total. The number of aliphatic imine (C=N–C) groups is 1. The Morgan fingerprint density at radius 1 is 0.806 bits per heavy atom. The minimum Gasteiger partial charge on any atom is -0.494 e. The van der Waals surface area contributed by atoms with Crippen LogP contribution in [0.4, 0.5) is 0 Å². The summed E-state index contributed by atoms with van der Waals surface area (Å²) < 4.78 is 11.4. The van der Waals surface area contributed by atoms with Gasteiger partial charge in [0, 0.05) is 28.0 Å². The molecule has 178 valence electrons. The summed E-state index contributed by atoms with van der Waals surface area (Å²) >= 11 is 0. The van der Waals surface area contributed by atoms with Gasteiger partial charge in [0.25, 0.3) is 0 Å². The fraction of sp³-hybridized carbons (Fsp3) is 0.107. The molecule has 0 bridgehead atoms. The number of aromatic amines is 1. The van der Waals surface area contributed by atoms with Crippen LogP contribution in [0.2, 0.25) is 0 Å². The SMILES string of the molecule is Oc1[nH]c(O)c2c1C=c1ccccc1=N/C=C\OC1CC1=NC1=C(C1)O/C=C/N=c1ccccc1=C2. The first-order valence-electron chi connectivity index (χ1n) is 11.5. The molecule has 3 aliphatic rings. The highest BCUT2D eigenvalue weighted by Crippen LogP contribution is 2.36. The minimum atomic E-state index is -0.151. The molecule has 2 aliphatic carbocycles. The van der Waals surface area contributed by atoms with Crippen molar-refractivity contribution in [3.8, 4) is 11.8 Å². The Bertz CT molecular complexity index is 1730. The number of benzene rings is 2. The van der Waals surface area contributed by atoms with Gasteiger partial charge in [-0.15, -0.1) is 0 Å². The highest BCUT2D eigenvalue weighted by Gasteiger charge is 2.36. The van der Waals surface area contributed by atoms with Crippen LogP contribution < -0.4 is 21.2 Å². The third-order valence-corrected chi connectivity index (χ3v) is 5.92. The van der Waals surface area contributed by atoms with E-state index in [0.717, 1.165) is 34.0 Å². The first-order valence-corrected chi connectivity index (χ1v) is 11.5. The lowest BCUT2D eigenvalue weighted by molar-refractivity contribution is 0.251. The number of hydrogen-bond acceptors (Lipinski definition) is 7. The second-order valence-corrected chi connectivity index (χ2v) is 8.48. The van der Waals surface area contributed by atoms with Crippen LogP contribution in [-0.2, 0) is 9.47 Å². The molecule has 8 heteroatoms. The van der Waals surface area contributed by atoms with E-state index < -0.39 is 0 Å². The van der Waals surface area contributed by atoms with Crippen molar-refractivity contribution in [3.05, 3.63) is 117 Å². The topological polar surface area (TPSA) is 112 Å². The molecule has 0 radical (unpaired) electrons. The standard InChI is InChI=1S/C28H22N4O4/c33-27-19-13-17-5-1-3-7-21(17)29-9-11-35-25-15-23(25)31-24-16-26(24)36-12-10-30-22-8-4-2-6-18(22)14-20(19)28(34)32-27/h1-14,25,32-34H,15-16H2/b11-9-,12-10+,17-13?,18-14?,29-21?,30-22?,31-23?. The molecule has 1 fully saturated rings. The molecule has 0 saturated heterocycles. The highest BCUT2D eigenvalue weighted by molar-refractivity contribution is 6.04. The van der Waals surface area contributed by atoms with Crippen molar-refractivity contribution < 1.29 is 19.7 Å². The van der Waals surface area contributed by atoms with Crippen molar-refractivity contribution in [1.82, 2.24) is 4.98 Å². The van der Waals surface area contributed by atoms with Gasteiger partial charge in [0.2, 0.25) is 0 Å². The van der Waals surface area contributed by atoms with E-state index in [1.54, 1.807) is 30.8 Å². The summed E-state index contributed by atoms with van der Waals surface area (Å²) in [4.78, 5) is 16.2. The van der Waals surface area contributed by atoms with Crippen molar-refractivity contribution in [2.45, 2.75) is 18.9 Å². The number of nitrogens with zero attached hydrogens (tertiary/aromatic N) is 3. The van der Waals surface area contributed by atoms with Gasteiger partial charge >= 0.3 is 0 Å². The quantitative estimate of drug-likeness (QED) is 0.460. The fourth-order valence-corrected chi connectivity index (χ4v) is 3.89. The molecule has 0 amide bonds. The summed E-state index contributed by atoms with van der Waals surface area (Å²) in [5, 5.41) is 24.0. The number of nitrogens with one attached hydrogen (secondary N) is 1. The van der Waals surface area contributed by atoms with Crippen molar-refractivity contribution >= 4 is 17.9 Å². The molecule has 3 N–H and O–H groups in total. The molecule has 3 aromatic rings. The zero-order chi connectivity index (χ0) is 24.5. The maximum atomic E-state index is 10.6. The summed E-state index contributed by atoms with van der Waals surface area (Å²) in [5.74, 6) is 0.518. The largest absolute Gasteiger partial charge is 0.494 e. The normalized spacial score (nSPS) is 20.1. The van der Waals surface area contributed by atoms with Crippen LogP contribution in [0.3, 0.4) is 0 Å². The van der Waals surface area contributed by atoms with Crippen LogP contribution in [-0.4, -0.2) is 27.0 Å². The van der Waals surface area contributed by atoms with Crippen LogP contribution in [0.5, 0.6) is 11.8 Å². The zero-order valence-corrected chi connectivity index (χ0v) is 19.1. The Balaban J connectivity index is 1.52. The van der Waals surface area contributed by atoms with Gasteiger partial charge in [-0.3, -0.25) is 20.0 Å². The van der Waals surface area contributed by atoms with Gasteiger partial charge in [-0.1, -0.05) is 36.4 Å². The van der Waals surface area contributed by atoms with E-state index >= 15 is 0 Å². The molecule has 36 heavy (non-hydrogen) atoms. The predicted molar refractivity (Wildman–Crippen MR) is 134 cm³/mol. The van der Waals surface area contributed by atoms with E-state index in [0.29, 0.717) is 28.3 Å². The number of rotatable bonds is 0. The lowest BCUT2D eigenvalue weighted by Gasteiger charge is -1.97. The van der Waals surface area contributed by atoms with Gasteiger partial charge in [-0.05, 0) is 24.3 Å². The van der Waals surface area contributed by atoms with Crippen molar-refractivity contribution in [3.63, 3.8) is 0 Å². The van der Waals surface area contributed by atoms with Crippen LogP contribution in [0.15, 0.2) is 99.9 Å². The van der Waals surface area contributed by atoms with E-state index in [-0.39, 0.29) is 17.9 Å². The summed E-state index contributed by atoms with van der Waals surface area (Å²) in [6, 6.07) is 15.0. The lowest BCUT2D eigenvalue weighted by Crippen LogP contribution is -2.24.